The van der Waals surface area contributed by atoms with Crippen molar-refractivity contribution in [2.24, 2.45) is 5.73 Å². The molecule has 3 N–H and O–H groups in total. The molecule has 14 heavy (non-hydrogen) atoms. The van der Waals surface area contributed by atoms with E-state index in [0.717, 1.165) is 16.6 Å². The van der Waals surface area contributed by atoms with Crippen LogP contribution in [0.2, 0.25) is 0 Å². The summed E-state index contributed by atoms with van der Waals surface area (Å²) in [5.41, 5.74) is 6.74. The lowest BCUT2D eigenvalue weighted by molar-refractivity contribution is 0.575. The van der Waals surface area contributed by atoms with Crippen molar-refractivity contribution in [1.29, 1.82) is 0 Å². The van der Waals surface area contributed by atoms with Crippen molar-refractivity contribution in [2.75, 3.05) is 13.1 Å². The van der Waals surface area contributed by atoms with E-state index in [-0.39, 0.29) is 6.04 Å². The molecule has 0 aliphatic carbocycles. The number of nitrogens with one attached hydrogen (secondary N) is 1. The minimum atomic E-state index is 0.137. The van der Waals surface area contributed by atoms with E-state index in [1.165, 1.54) is 0 Å². The van der Waals surface area contributed by atoms with Crippen LogP contribution < -0.4 is 11.1 Å². The fourth-order valence-corrected chi connectivity index (χ4v) is 1.56. The molecule has 0 aliphatic heterocycles. The second-order valence-electron chi connectivity index (χ2n) is 2.92. The molecule has 0 saturated heterocycles. The first kappa shape index (κ1) is 11.4. The van der Waals surface area contributed by atoms with Gasteiger partial charge in [-0.05, 0) is 27.6 Å². The zero-order valence-corrected chi connectivity index (χ0v) is 9.50. The number of nitrogens with zero attached hydrogens (tertiary/aromatic N) is 1. The van der Waals surface area contributed by atoms with E-state index in [0.29, 0.717) is 6.54 Å². The maximum absolute atomic E-state index is 5.66. The number of hydrogen-bond donors (Lipinski definition) is 2. The summed E-state index contributed by atoms with van der Waals surface area (Å²) in [4.78, 5) is 4.09. The molecule has 0 amide bonds. The Bertz CT molecular complexity index is 301. The lowest BCUT2D eigenvalue weighted by Gasteiger charge is -2.15. The third-order valence-corrected chi connectivity index (χ3v) is 2.31. The van der Waals surface area contributed by atoms with Crippen molar-refractivity contribution in [3.8, 4) is 0 Å². The molecule has 1 aromatic rings. The second-order valence-corrected chi connectivity index (χ2v) is 3.84. The van der Waals surface area contributed by atoms with Gasteiger partial charge >= 0.3 is 0 Å². The van der Waals surface area contributed by atoms with Crippen LogP contribution in [0.4, 0.5) is 0 Å². The first-order chi connectivity index (χ1) is 6.77. The van der Waals surface area contributed by atoms with Gasteiger partial charge < -0.3 is 11.1 Å². The summed E-state index contributed by atoms with van der Waals surface area (Å²) in [6.07, 6.45) is 5.39. The Morgan fingerprint density at radius 3 is 3.00 bits per heavy atom. The Morgan fingerprint density at radius 1 is 1.64 bits per heavy atom. The highest BCUT2D eigenvalue weighted by Gasteiger charge is 2.08. The Labute approximate surface area is 92.5 Å². The molecule has 1 unspecified atom stereocenters. The number of hydrogen-bond acceptors (Lipinski definition) is 3. The monoisotopic (exact) mass is 255 g/mol. The highest BCUT2D eigenvalue weighted by molar-refractivity contribution is 9.10. The quantitative estimate of drug-likeness (QED) is 0.787. The highest BCUT2D eigenvalue weighted by Crippen LogP contribution is 2.15. The number of nitrogens with two attached hydrogens (primary N) is 1. The van der Waals surface area contributed by atoms with Gasteiger partial charge in [0, 0.05) is 36.0 Å². The van der Waals surface area contributed by atoms with E-state index < -0.39 is 0 Å². The summed E-state index contributed by atoms with van der Waals surface area (Å²) in [6, 6.07) is 2.15. The summed E-state index contributed by atoms with van der Waals surface area (Å²) >= 11 is 3.38. The van der Waals surface area contributed by atoms with Gasteiger partial charge in [-0.15, -0.1) is 6.58 Å². The summed E-state index contributed by atoms with van der Waals surface area (Å²) in [5.74, 6) is 0. The van der Waals surface area contributed by atoms with E-state index in [1.807, 2.05) is 18.3 Å². The minimum absolute atomic E-state index is 0.137. The Balaban J connectivity index is 2.72. The Kier molecular flexibility index (Phi) is 4.79. The number of aromatic nitrogens is 1. The van der Waals surface area contributed by atoms with E-state index in [1.54, 1.807) is 6.20 Å². The smallest absolute Gasteiger partial charge is 0.0462 e. The van der Waals surface area contributed by atoms with Gasteiger partial charge in [0.2, 0.25) is 0 Å². The molecule has 0 saturated carbocycles. The maximum Gasteiger partial charge on any atom is 0.0462 e. The van der Waals surface area contributed by atoms with Crippen LogP contribution in [0.25, 0.3) is 0 Å². The van der Waals surface area contributed by atoms with Crippen LogP contribution in [-0.4, -0.2) is 18.1 Å². The van der Waals surface area contributed by atoms with Gasteiger partial charge in [-0.25, -0.2) is 0 Å². The third kappa shape index (κ3) is 3.21. The first-order valence-corrected chi connectivity index (χ1v) is 5.22. The number of halogens is 1. The molecule has 1 rings (SSSR count). The zero-order valence-electron chi connectivity index (χ0n) is 7.91. The molecule has 0 radical (unpaired) electrons. The summed E-state index contributed by atoms with van der Waals surface area (Å²) < 4.78 is 0.967. The second kappa shape index (κ2) is 5.90. The largest absolute Gasteiger partial charge is 0.329 e. The summed E-state index contributed by atoms with van der Waals surface area (Å²) in [7, 11) is 0. The van der Waals surface area contributed by atoms with Crippen LogP contribution in [0, 0.1) is 0 Å². The molecule has 0 spiro atoms. The predicted octanol–water partition coefficient (Wildman–Crippen LogP) is 1.62. The van der Waals surface area contributed by atoms with Crippen LogP contribution in [0.5, 0.6) is 0 Å². The summed E-state index contributed by atoms with van der Waals surface area (Å²) in [5, 5.41) is 3.26. The van der Waals surface area contributed by atoms with E-state index >= 15 is 0 Å². The standard InChI is InChI=1S/C10H14BrN3/c1-2-3-14-10(5-12)8-4-9(11)7-13-6-8/h2,4,6-7,10,14H,1,3,5,12H2. The maximum atomic E-state index is 5.66. The summed E-state index contributed by atoms with van der Waals surface area (Å²) in [6.45, 7) is 4.94. The number of rotatable bonds is 5. The average molecular weight is 256 g/mol. The predicted molar refractivity (Wildman–Crippen MR) is 61.9 cm³/mol. The van der Waals surface area contributed by atoms with E-state index in [2.05, 4.69) is 32.8 Å². The third-order valence-electron chi connectivity index (χ3n) is 1.87. The van der Waals surface area contributed by atoms with Crippen molar-refractivity contribution >= 4 is 15.9 Å². The van der Waals surface area contributed by atoms with Gasteiger partial charge in [0.05, 0.1) is 0 Å². The van der Waals surface area contributed by atoms with Crippen LogP contribution in [0.15, 0.2) is 35.6 Å². The van der Waals surface area contributed by atoms with Gasteiger partial charge in [0.1, 0.15) is 0 Å². The molecular formula is C10H14BrN3. The van der Waals surface area contributed by atoms with E-state index in [9.17, 15) is 0 Å². The van der Waals surface area contributed by atoms with Gasteiger partial charge in [0.25, 0.3) is 0 Å². The van der Waals surface area contributed by atoms with Crippen molar-refractivity contribution < 1.29 is 0 Å². The fourth-order valence-electron chi connectivity index (χ4n) is 1.18. The molecule has 0 aliphatic rings. The molecule has 4 heteroatoms. The van der Waals surface area contributed by atoms with Crippen LogP contribution >= 0.6 is 15.9 Å². The van der Waals surface area contributed by atoms with Crippen molar-refractivity contribution in [3.63, 3.8) is 0 Å². The van der Waals surface area contributed by atoms with Crippen LogP contribution in [-0.2, 0) is 0 Å². The Hall–Kier alpha value is -0.710. The molecule has 1 heterocycles. The average Bonchev–Trinajstić information content (AvgIpc) is 2.19. The topological polar surface area (TPSA) is 50.9 Å². The van der Waals surface area contributed by atoms with Crippen molar-refractivity contribution in [1.82, 2.24) is 10.3 Å². The molecule has 0 fully saturated rings. The Morgan fingerprint density at radius 2 is 2.43 bits per heavy atom. The number of pyridine rings is 1. The van der Waals surface area contributed by atoms with Gasteiger partial charge in [-0.1, -0.05) is 6.08 Å². The van der Waals surface area contributed by atoms with Gasteiger partial charge in [-0.2, -0.15) is 0 Å². The highest BCUT2D eigenvalue weighted by atomic mass is 79.9. The fraction of sp³-hybridized carbons (Fsp3) is 0.300. The minimum Gasteiger partial charge on any atom is -0.329 e. The van der Waals surface area contributed by atoms with Crippen molar-refractivity contribution in [3.05, 3.63) is 41.2 Å². The van der Waals surface area contributed by atoms with Crippen LogP contribution in [0.1, 0.15) is 11.6 Å². The molecular weight excluding hydrogens is 242 g/mol. The molecule has 3 nitrogen and oxygen atoms in total. The lowest BCUT2D eigenvalue weighted by Crippen LogP contribution is -2.28. The molecule has 1 aromatic heterocycles. The zero-order chi connectivity index (χ0) is 10.4. The first-order valence-electron chi connectivity index (χ1n) is 4.42. The van der Waals surface area contributed by atoms with Gasteiger partial charge in [0.15, 0.2) is 0 Å². The van der Waals surface area contributed by atoms with Crippen molar-refractivity contribution in [2.45, 2.75) is 6.04 Å². The SMILES string of the molecule is C=CCNC(CN)c1cncc(Br)c1. The molecule has 0 aromatic carbocycles. The molecule has 0 bridgehead atoms. The lowest BCUT2D eigenvalue weighted by atomic mass is 10.1. The van der Waals surface area contributed by atoms with E-state index in [4.69, 9.17) is 5.73 Å². The van der Waals surface area contributed by atoms with Gasteiger partial charge in [-0.3, -0.25) is 4.98 Å². The normalized spacial score (nSPS) is 12.4. The molecule has 1 atom stereocenters. The van der Waals surface area contributed by atoms with Crippen LogP contribution in [0.3, 0.4) is 0 Å². The molecule has 76 valence electrons.